The van der Waals surface area contributed by atoms with Gasteiger partial charge in [0.05, 0.1) is 0 Å². The van der Waals surface area contributed by atoms with Gasteiger partial charge in [-0.2, -0.15) is 0 Å². The van der Waals surface area contributed by atoms with Crippen molar-refractivity contribution in [3.05, 3.63) is 20.8 Å². The number of ketones is 2. The fraction of sp³-hybridized carbons (Fsp3) is 0.455. The van der Waals surface area contributed by atoms with Gasteiger partial charge in [-0.25, -0.2) is 0 Å². The maximum atomic E-state index is 12.0. The molecule has 0 atom stereocenters. The number of halogens is 3. The van der Waals surface area contributed by atoms with E-state index in [0.29, 0.717) is 13.1 Å². The summed E-state index contributed by atoms with van der Waals surface area (Å²) in [5.74, 6) is -1.03. The van der Waals surface area contributed by atoms with Crippen molar-refractivity contribution in [1.29, 1.82) is 0 Å². The van der Waals surface area contributed by atoms with E-state index in [4.69, 9.17) is 34.8 Å². The molecular weight excluding hydrogens is 284 g/mol. The van der Waals surface area contributed by atoms with Gasteiger partial charge in [-0.3, -0.25) is 9.59 Å². The number of nitrogens with zero attached hydrogens (tertiary/aromatic N) is 1. The topological polar surface area (TPSA) is 37.4 Å². The van der Waals surface area contributed by atoms with Gasteiger partial charge in [-0.1, -0.05) is 34.8 Å². The third-order valence-corrected chi connectivity index (χ3v) is 4.05. The molecule has 1 fully saturated rings. The first-order valence-corrected chi connectivity index (χ1v) is 6.47. The molecule has 1 aliphatic carbocycles. The minimum Gasteiger partial charge on any atom is -0.367 e. The lowest BCUT2D eigenvalue weighted by atomic mass is 10.0. The number of piperidine rings is 1. The highest BCUT2D eigenvalue weighted by Crippen LogP contribution is 2.33. The Morgan fingerprint density at radius 2 is 1.29 bits per heavy atom. The van der Waals surface area contributed by atoms with Crippen molar-refractivity contribution in [3.8, 4) is 0 Å². The third kappa shape index (κ3) is 2.24. The zero-order valence-electron chi connectivity index (χ0n) is 8.93. The lowest BCUT2D eigenvalue weighted by molar-refractivity contribution is -0.116. The molecule has 0 aromatic carbocycles. The van der Waals surface area contributed by atoms with Crippen LogP contribution in [0.3, 0.4) is 0 Å². The van der Waals surface area contributed by atoms with Crippen LogP contribution in [0.4, 0.5) is 0 Å². The van der Waals surface area contributed by atoms with E-state index in [1.165, 1.54) is 0 Å². The number of allylic oxidation sites excluding steroid dienone is 3. The molecule has 0 unspecified atom stereocenters. The molecule has 92 valence electrons. The molecule has 0 aromatic heterocycles. The van der Waals surface area contributed by atoms with Gasteiger partial charge in [0.25, 0.3) is 0 Å². The van der Waals surface area contributed by atoms with Gasteiger partial charge in [-0.05, 0) is 19.3 Å². The number of hydrogen-bond acceptors (Lipinski definition) is 3. The highest BCUT2D eigenvalue weighted by Gasteiger charge is 2.35. The molecule has 2 rings (SSSR count). The highest BCUT2D eigenvalue weighted by atomic mass is 35.5. The summed E-state index contributed by atoms with van der Waals surface area (Å²) in [5, 5.41) is -0.643. The monoisotopic (exact) mass is 293 g/mol. The molecule has 0 radical (unpaired) electrons. The van der Waals surface area contributed by atoms with E-state index in [1.54, 1.807) is 0 Å². The molecule has 17 heavy (non-hydrogen) atoms. The number of rotatable bonds is 1. The second kappa shape index (κ2) is 5.01. The van der Waals surface area contributed by atoms with Gasteiger partial charge < -0.3 is 4.90 Å². The van der Waals surface area contributed by atoms with Gasteiger partial charge in [0.1, 0.15) is 20.8 Å². The number of Topliss-reactive ketones (excluding diaryl/α,β-unsaturated/α-hetero) is 2. The maximum absolute atomic E-state index is 12.0. The lowest BCUT2D eigenvalue weighted by Gasteiger charge is -2.32. The van der Waals surface area contributed by atoms with Crippen molar-refractivity contribution in [1.82, 2.24) is 4.90 Å². The Morgan fingerprint density at radius 1 is 0.765 bits per heavy atom. The van der Waals surface area contributed by atoms with Crippen molar-refractivity contribution < 1.29 is 9.59 Å². The quantitative estimate of drug-likeness (QED) is 0.698. The Hall–Kier alpha value is -0.510. The summed E-state index contributed by atoms with van der Waals surface area (Å²) >= 11 is 17.3. The van der Waals surface area contributed by atoms with Crippen LogP contribution in [0.1, 0.15) is 19.3 Å². The molecule has 0 amide bonds. The summed E-state index contributed by atoms with van der Waals surface area (Å²) < 4.78 is 0. The first-order chi connectivity index (χ1) is 8.04. The molecule has 6 heteroatoms. The van der Waals surface area contributed by atoms with Gasteiger partial charge in [-0.15, -0.1) is 0 Å². The van der Waals surface area contributed by atoms with Crippen molar-refractivity contribution in [2.45, 2.75) is 19.3 Å². The van der Waals surface area contributed by atoms with E-state index in [9.17, 15) is 9.59 Å². The molecule has 0 N–H and O–H groups in total. The van der Waals surface area contributed by atoms with Gasteiger partial charge in [0.15, 0.2) is 0 Å². The second-order valence-electron chi connectivity index (χ2n) is 4.00. The first-order valence-electron chi connectivity index (χ1n) is 5.33. The van der Waals surface area contributed by atoms with Crippen LogP contribution in [-0.4, -0.2) is 29.6 Å². The number of carbonyl (C=O) groups excluding carboxylic acids is 2. The van der Waals surface area contributed by atoms with Crippen LogP contribution >= 0.6 is 34.8 Å². The predicted molar refractivity (Wildman–Crippen MR) is 67.0 cm³/mol. The maximum Gasteiger partial charge on any atom is 0.223 e. The van der Waals surface area contributed by atoms with E-state index in [2.05, 4.69) is 0 Å². The Bertz CT molecular complexity index is 448. The van der Waals surface area contributed by atoms with Crippen molar-refractivity contribution >= 4 is 46.4 Å². The van der Waals surface area contributed by atoms with Gasteiger partial charge in [0, 0.05) is 13.1 Å². The number of hydrogen-bond donors (Lipinski definition) is 0. The molecule has 0 spiro atoms. The fourth-order valence-electron chi connectivity index (χ4n) is 2.01. The molecule has 1 saturated heterocycles. The summed E-state index contributed by atoms with van der Waals surface area (Å²) in [7, 11) is 0. The Labute approximate surface area is 114 Å². The van der Waals surface area contributed by atoms with Gasteiger partial charge in [0.2, 0.25) is 11.6 Å². The van der Waals surface area contributed by atoms with E-state index in [0.717, 1.165) is 19.3 Å². The second-order valence-corrected chi connectivity index (χ2v) is 5.13. The predicted octanol–water partition coefficient (Wildman–Crippen LogP) is 2.76. The summed E-state index contributed by atoms with van der Waals surface area (Å²) in [4.78, 5) is 25.5. The zero-order valence-corrected chi connectivity index (χ0v) is 11.2. The van der Waals surface area contributed by atoms with E-state index in [-0.39, 0.29) is 20.8 Å². The van der Waals surface area contributed by atoms with Crippen LogP contribution in [0.5, 0.6) is 0 Å². The average Bonchev–Trinajstić information content (AvgIpc) is 2.36. The van der Waals surface area contributed by atoms with Crippen LogP contribution in [0.2, 0.25) is 0 Å². The molecule has 1 heterocycles. The van der Waals surface area contributed by atoms with Crippen molar-refractivity contribution in [2.24, 2.45) is 0 Å². The van der Waals surface area contributed by atoms with Gasteiger partial charge >= 0.3 is 0 Å². The number of carbonyl (C=O) groups is 2. The van der Waals surface area contributed by atoms with E-state index in [1.807, 2.05) is 4.90 Å². The smallest absolute Gasteiger partial charge is 0.223 e. The fourth-order valence-corrected chi connectivity index (χ4v) is 2.71. The third-order valence-electron chi connectivity index (χ3n) is 2.89. The van der Waals surface area contributed by atoms with E-state index >= 15 is 0 Å². The molecular formula is C11H10Cl3NO2. The van der Waals surface area contributed by atoms with E-state index < -0.39 is 11.6 Å². The molecule has 0 aromatic rings. The largest absolute Gasteiger partial charge is 0.367 e. The SMILES string of the molecule is O=C1C(Cl)=C(Cl)C(=O)C(N2CCCCC2)=C1Cl. The molecule has 2 aliphatic rings. The summed E-state index contributed by atoms with van der Waals surface area (Å²) in [5.41, 5.74) is 0.200. The molecule has 0 bridgehead atoms. The van der Waals surface area contributed by atoms with Crippen LogP contribution in [0.15, 0.2) is 20.8 Å². The summed E-state index contributed by atoms with van der Waals surface area (Å²) in [6.07, 6.45) is 3.07. The molecule has 3 nitrogen and oxygen atoms in total. The van der Waals surface area contributed by atoms with Crippen LogP contribution < -0.4 is 0 Å². The zero-order chi connectivity index (χ0) is 12.6. The normalized spacial score (nSPS) is 22.6. The van der Waals surface area contributed by atoms with Crippen LogP contribution in [0.25, 0.3) is 0 Å². The van der Waals surface area contributed by atoms with Crippen molar-refractivity contribution in [3.63, 3.8) is 0 Å². The van der Waals surface area contributed by atoms with Crippen molar-refractivity contribution in [2.75, 3.05) is 13.1 Å². The Morgan fingerprint density at radius 3 is 1.88 bits per heavy atom. The minimum absolute atomic E-state index is 0.119. The Balaban J connectivity index is 2.38. The first kappa shape index (κ1) is 12.9. The number of likely N-dealkylation sites (tertiary alicyclic amines) is 1. The Kier molecular flexibility index (Phi) is 3.81. The molecule has 0 saturated carbocycles. The minimum atomic E-state index is -0.571. The standard InChI is InChI=1S/C11H10Cl3NO2/c12-6-7(13)11(17)9(8(14)10(6)16)15-4-2-1-3-5-15/h1-5H2. The highest BCUT2D eigenvalue weighted by molar-refractivity contribution is 6.64. The van der Waals surface area contributed by atoms with Crippen LogP contribution in [0, 0.1) is 0 Å². The molecule has 1 aliphatic heterocycles. The average molecular weight is 295 g/mol. The summed E-state index contributed by atoms with van der Waals surface area (Å²) in [6, 6.07) is 0. The lowest BCUT2D eigenvalue weighted by Crippen LogP contribution is -2.36. The van der Waals surface area contributed by atoms with Crippen LogP contribution in [-0.2, 0) is 9.59 Å². The summed E-state index contributed by atoms with van der Waals surface area (Å²) in [6.45, 7) is 1.43.